The molecule has 1 nitrogen and oxygen atoms in total. The molecule has 0 aromatic rings. The SMILES string of the molecule is C=C(/C=C(/C)C=CC)/C(C)=C/C(C=N)=C(C)C. The van der Waals surface area contributed by atoms with Crippen LogP contribution in [0.1, 0.15) is 34.6 Å². The summed E-state index contributed by atoms with van der Waals surface area (Å²) in [6, 6.07) is 0. The molecule has 0 saturated carbocycles. The van der Waals surface area contributed by atoms with E-state index in [1.807, 2.05) is 39.8 Å². The molecule has 0 heterocycles. The van der Waals surface area contributed by atoms with Crippen molar-refractivity contribution in [1.82, 2.24) is 0 Å². The van der Waals surface area contributed by atoms with Crippen LogP contribution in [0.15, 0.2) is 58.7 Å². The van der Waals surface area contributed by atoms with Crippen LogP contribution in [0.2, 0.25) is 0 Å². The van der Waals surface area contributed by atoms with Crippen molar-refractivity contribution in [1.29, 1.82) is 5.41 Å². The second-order valence-electron chi connectivity index (χ2n) is 4.34. The summed E-state index contributed by atoms with van der Waals surface area (Å²) in [5, 5.41) is 7.35. The molecular formula is C16H23N. The fourth-order valence-electron chi connectivity index (χ4n) is 1.36. The highest BCUT2D eigenvalue weighted by atomic mass is 14.3. The van der Waals surface area contributed by atoms with E-state index in [9.17, 15) is 0 Å². The van der Waals surface area contributed by atoms with Gasteiger partial charge in [-0.05, 0) is 51.3 Å². The predicted octanol–water partition coefficient (Wildman–Crippen LogP) is 5.00. The maximum Gasteiger partial charge on any atom is 0.0249 e. The predicted molar refractivity (Wildman–Crippen MR) is 78.6 cm³/mol. The summed E-state index contributed by atoms with van der Waals surface area (Å²) in [5.74, 6) is 0. The van der Waals surface area contributed by atoms with E-state index < -0.39 is 0 Å². The highest BCUT2D eigenvalue weighted by molar-refractivity contribution is 5.81. The van der Waals surface area contributed by atoms with Crippen LogP contribution in [0.25, 0.3) is 0 Å². The normalized spacial score (nSPS) is 12.8. The Hall–Kier alpha value is -1.63. The third-order valence-electron chi connectivity index (χ3n) is 2.44. The number of hydrogen-bond donors (Lipinski definition) is 1. The van der Waals surface area contributed by atoms with Crippen molar-refractivity contribution >= 4 is 6.21 Å². The van der Waals surface area contributed by atoms with Crippen LogP contribution < -0.4 is 0 Å². The van der Waals surface area contributed by atoms with Gasteiger partial charge in [0.1, 0.15) is 0 Å². The summed E-state index contributed by atoms with van der Waals surface area (Å²) in [6.07, 6.45) is 9.51. The molecule has 1 N–H and O–H groups in total. The van der Waals surface area contributed by atoms with Crippen molar-refractivity contribution in [3.63, 3.8) is 0 Å². The van der Waals surface area contributed by atoms with Crippen molar-refractivity contribution < 1.29 is 0 Å². The molecule has 0 radical (unpaired) electrons. The van der Waals surface area contributed by atoms with E-state index in [0.717, 1.165) is 22.3 Å². The lowest BCUT2D eigenvalue weighted by atomic mass is 10.0. The van der Waals surface area contributed by atoms with Crippen LogP contribution in [0.3, 0.4) is 0 Å². The van der Waals surface area contributed by atoms with Gasteiger partial charge in [-0.15, -0.1) is 0 Å². The minimum Gasteiger partial charge on any atom is -0.308 e. The Balaban J connectivity index is 5.07. The maximum absolute atomic E-state index is 7.35. The lowest BCUT2D eigenvalue weighted by Crippen LogP contribution is -1.87. The Morgan fingerprint density at radius 1 is 1.06 bits per heavy atom. The Morgan fingerprint density at radius 2 is 1.65 bits per heavy atom. The molecule has 0 aliphatic heterocycles. The van der Waals surface area contributed by atoms with Crippen LogP contribution in [0.4, 0.5) is 0 Å². The Labute approximate surface area is 105 Å². The van der Waals surface area contributed by atoms with E-state index in [4.69, 9.17) is 5.41 Å². The second kappa shape index (κ2) is 7.61. The summed E-state index contributed by atoms with van der Waals surface area (Å²) >= 11 is 0. The minimum absolute atomic E-state index is 0.945. The molecule has 0 unspecified atom stereocenters. The molecule has 0 atom stereocenters. The second-order valence-corrected chi connectivity index (χ2v) is 4.34. The summed E-state index contributed by atoms with van der Waals surface area (Å²) in [4.78, 5) is 0. The van der Waals surface area contributed by atoms with Crippen LogP contribution in [-0.4, -0.2) is 6.21 Å². The molecule has 92 valence electrons. The van der Waals surface area contributed by atoms with Gasteiger partial charge in [-0.25, -0.2) is 0 Å². The Morgan fingerprint density at radius 3 is 2.06 bits per heavy atom. The first kappa shape index (κ1) is 15.4. The molecule has 0 aliphatic carbocycles. The molecule has 0 spiro atoms. The first-order chi connectivity index (χ1) is 7.92. The number of hydrogen-bond acceptors (Lipinski definition) is 1. The fourth-order valence-corrected chi connectivity index (χ4v) is 1.36. The van der Waals surface area contributed by atoms with Crippen molar-refractivity contribution in [3.8, 4) is 0 Å². The van der Waals surface area contributed by atoms with Gasteiger partial charge in [0.05, 0.1) is 0 Å². The molecule has 0 aromatic carbocycles. The van der Waals surface area contributed by atoms with Crippen LogP contribution in [-0.2, 0) is 0 Å². The van der Waals surface area contributed by atoms with Gasteiger partial charge >= 0.3 is 0 Å². The number of nitrogens with one attached hydrogen (secondary N) is 1. The Kier molecular flexibility index (Phi) is 6.88. The van der Waals surface area contributed by atoms with Gasteiger partial charge in [0, 0.05) is 6.21 Å². The zero-order chi connectivity index (χ0) is 13.4. The van der Waals surface area contributed by atoms with Gasteiger partial charge < -0.3 is 5.41 Å². The van der Waals surface area contributed by atoms with Crippen molar-refractivity contribution in [2.24, 2.45) is 0 Å². The third kappa shape index (κ3) is 5.86. The molecule has 0 saturated heterocycles. The topological polar surface area (TPSA) is 23.9 Å². The lowest BCUT2D eigenvalue weighted by Gasteiger charge is -2.04. The molecule has 0 amide bonds. The van der Waals surface area contributed by atoms with Gasteiger partial charge in [0.2, 0.25) is 0 Å². The molecule has 0 fully saturated rings. The van der Waals surface area contributed by atoms with Gasteiger partial charge in [-0.3, -0.25) is 0 Å². The third-order valence-corrected chi connectivity index (χ3v) is 2.44. The number of allylic oxidation sites excluding steroid dienone is 9. The van der Waals surface area contributed by atoms with E-state index in [-0.39, 0.29) is 0 Å². The zero-order valence-electron chi connectivity index (χ0n) is 11.6. The van der Waals surface area contributed by atoms with E-state index in [2.05, 4.69) is 25.7 Å². The molecule has 0 bridgehead atoms. The Bertz CT molecular complexity index is 411. The van der Waals surface area contributed by atoms with Crippen LogP contribution >= 0.6 is 0 Å². The summed E-state index contributed by atoms with van der Waals surface area (Å²) in [7, 11) is 0. The fraction of sp³-hybridized carbons (Fsp3) is 0.312. The smallest absolute Gasteiger partial charge is 0.0249 e. The highest BCUT2D eigenvalue weighted by Gasteiger charge is 1.97. The molecule has 1 heteroatoms. The van der Waals surface area contributed by atoms with Gasteiger partial charge in [0.25, 0.3) is 0 Å². The molecule has 0 aliphatic rings. The molecular weight excluding hydrogens is 206 g/mol. The molecule has 0 aromatic heterocycles. The molecule has 17 heavy (non-hydrogen) atoms. The van der Waals surface area contributed by atoms with Crippen molar-refractivity contribution in [2.75, 3.05) is 0 Å². The summed E-state index contributed by atoms with van der Waals surface area (Å²) < 4.78 is 0. The van der Waals surface area contributed by atoms with E-state index in [0.29, 0.717) is 0 Å². The summed E-state index contributed by atoms with van der Waals surface area (Å²) in [5.41, 5.74) is 5.34. The van der Waals surface area contributed by atoms with Crippen molar-refractivity contribution in [2.45, 2.75) is 34.6 Å². The van der Waals surface area contributed by atoms with Crippen LogP contribution in [0.5, 0.6) is 0 Å². The largest absolute Gasteiger partial charge is 0.308 e. The van der Waals surface area contributed by atoms with E-state index in [1.165, 1.54) is 11.8 Å². The standard InChI is InChI=1S/C16H23N/c1-7-8-13(4)9-14(5)15(6)10-16(11-17)12(2)3/h7-11,17H,5H2,1-4,6H3/b8-7?,13-9-,15-10+,17-11?. The van der Waals surface area contributed by atoms with Crippen LogP contribution in [0, 0.1) is 5.41 Å². The lowest BCUT2D eigenvalue weighted by molar-refractivity contribution is 1.33. The quantitative estimate of drug-likeness (QED) is 0.507. The molecule has 0 rings (SSSR count). The van der Waals surface area contributed by atoms with E-state index >= 15 is 0 Å². The minimum atomic E-state index is 0.945. The maximum atomic E-state index is 7.35. The van der Waals surface area contributed by atoms with Gasteiger partial charge in [-0.1, -0.05) is 42.0 Å². The first-order valence-corrected chi connectivity index (χ1v) is 5.78. The zero-order valence-corrected chi connectivity index (χ0v) is 11.6. The average molecular weight is 229 g/mol. The highest BCUT2D eigenvalue weighted by Crippen LogP contribution is 2.15. The van der Waals surface area contributed by atoms with E-state index in [1.54, 1.807) is 0 Å². The summed E-state index contributed by atoms with van der Waals surface area (Å²) in [6.45, 7) is 14.1. The number of rotatable bonds is 5. The first-order valence-electron chi connectivity index (χ1n) is 5.78. The monoisotopic (exact) mass is 229 g/mol. The van der Waals surface area contributed by atoms with Gasteiger partial charge in [-0.2, -0.15) is 0 Å². The van der Waals surface area contributed by atoms with Crippen molar-refractivity contribution in [3.05, 3.63) is 58.7 Å². The van der Waals surface area contributed by atoms with Gasteiger partial charge in [0.15, 0.2) is 0 Å². The average Bonchev–Trinajstić information content (AvgIpc) is 2.25.